The highest BCUT2D eigenvalue weighted by Crippen LogP contribution is 2.25. The van der Waals surface area contributed by atoms with Crippen molar-refractivity contribution in [3.8, 4) is 11.5 Å². The van der Waals surface area contributed by atoms with Gasteiger partial charge >= 0.3 is 0 Å². The second-order valence-corrected chi connectivity index (χ2v) is 9.67. The number of benzene rings is 2. The lowest BCUT2D eigenvalue weighted by Crippen LogP contribution is -2.38. The highest BCUT2D eigenvalue weighted by molar-refractivity contribution is 7.89. The van der Waals surface area contributed by atoms with Crippen molar-refractivity contribution < 1.29 is 22.7 Å². The first-order chi connectivity index (χ1) is 14.9. The van der Waals surface area contributed by atoms with Gasteiger partial charge in [0.2, 0.25) is 15.9 Å². The summed E-state index contributed by atoms with van der Waals surface area (Å²) < 4.78 is 37.3. The first-order valence-electron chi connectivity index (χ1n) is 10.4. The van der Waals surface area contributed by atoms with E-state index in [1.165, 1.54) is 4.31 Å². The molecule has 168 valence electrons. The number of carbonyl (C=O) groups is 1. The maximum atomic E-state index is 12.7. The largest absolute Gasteiger partial charge is 0.497 e. The summed E-state index contributed by atoms with van der Waals surface area (Å²) in [5.74, 6) is 1.52. The smallest absolute Gasteiger partial charge is 0.220 e. The van der Waals surface area contributed by atoms with E-state index < -0.39 is 10.0 Å². The summed E-state index contributed by atoms with van der Waals surface area (Å²) in [7, 11) is -0.123. The van der Waals surface area contributed by atoms with Crippen LogP contribution in [-0.2, 0) is 34.2 Å². The van der Waals surface area contributed by atoms with E-state index in [0.29, 0.717) is 45.3 Å². The van der Waals surface area contributed by atoms with Gasteiger partial charge in [-0.15, -0.1) is 0 Å². The van der Waals surface area contributed by atoms with E-state index in [1.807, 2.05) is 42.5 Å². The SMILES string of the molecule is COc1ccc(CCC(=O)NCCCS(=O)(=O)N2CCc3cc(OC)ccc3C2)cc1. The van der Waals surface area contributed by atoms with E-state index in [2.05, 4.69) is 5.32 Å². The van der Waals surface area contributed by atoms with Gasteiger partial charge in [-0.25, -0.2) is 8.42 Å². The average molecular weight is 447 g/mol. The van der Waals surface area contributed by atoms with Crippen molar-refractivity contribution in [2.24, 2.45) is 0 Å². The molecular formula is C23H30N2O5S. The van der Waals surface area contributed by atoms with Crippen molar-refractivity contribution in [3.05, 3.63) is 59.2 Å². The number of aryl methyl sites for hydroxylation is 1. The van der Waals surface area contributed by atoms with Crippen molar-refractivity contribution in [2.75, 3.05) is 33.1 Å². The quantitative estimate of drug-likeness (QED) is 0.567. The topological polar surface area (TPSA) is 84.9 Å². The molecule has 8 heteroatoms. The summed E-state index contributed by atoms with van der Waals surface area (Å²) in [5.41, 5.74) is 3.21. The Morgan fingerprint density at radius 2 is 1.74 bits per heavy atom. The minimum absolute atomic E-state index is 0.0250. The lowest BCUT2D eigenvalue weighted by Gasteiger charge is -2.28. The van der Waals surface area contributed by atoms with Gasteiger partial charge in [0.05, 0.1) is 20.0 Å². The normalized spacial score (nSPS) is 14.0. The van der Waals surface area contributed by atoms with Crippen molar-refractivity contribution in [1.29, 1.82) is 0 Å². The van der Waals surface area contributed by atoms with Crippen LogP contribution in [0.2, 0.25) is 0 Å². The van der Waals surface area contributed by atoms with Gasteiger partial charge in [-0.3, -0.25) is 4.79 Å². The van der Waals surface area contributed by atoms with Crippen molar-refractivity contribution in [2.45, 2.75) is 32.2 Å². The van der Waals surface area contributed by atoms with E-state index in [9.17, 15) is 13.2 Å². The molecule has 0 saturated heterocycles. The summed E-state index contributed by atoms with van der Waals surface area (Å²) in [6.07, 6.45) is 2.06. The van der Waals surface area contributed by atoms with Gasteiger partial charge in [-0.1, -0.05) is 18.2 Å². The third-order valence-electron chi connectivity index (χ3n) is 5.49. The summed E-state index contributed by atoms with van der Waals surface area (Å²) in [4.78, 5) is 12.0. The predicted octanol–water partition coefficient (Wildman–Crippen LogP) is 2.53. The molecule has 0 aromatic heterocycles. The number of fused-ring (bicyclic) bond motifs is 1. The first kappa shape index (κ1) is 23.1. The highest BCUT2D eigenvalue weighted by atomic mass is 32.2. The van der Waals surface area contributed by atoms with Gasteiger partial charge in [-0.05, 0) is 60.2 Å². The van der Waals surface area contributed by atoms with Crippen LogP contribution in [0.1, 0.15) is 29.5 Å². The van der Waals surface area contributed by atoms with Crippen LogP contribution in [0, 0.1) is 0 Å². The Morgan fingerprint density at radius 3 is 2.45 bits per heavy atom. The molecule has 0 bridgehead atoms. The van der Waals surface area contributed by atoms with Gasteiger partial charge in [0.1, 0.15) is 11.5 Å². The molecular weight excluding hydrogens is 416 g/mol. The number of sulfonamides is 1. The molecule has 2 aromatic carbocycles. The zero-order valence-electron chi connectivity index (χ0n) is 18.1. The van der Waals surface area contributed by atoms with Crippen LogP contribution in [0.25, 0.3) is 0 Å². The number of carbonyl (C=O) groups excluding carboxylic acids is 1. The molecule has 0 fully saturated rings. The molecule has 0 radical (unpaired) electrons. The Labute approximate surface area is 184 Å². The Morgan fingerprint density at radius 1 is 1.03 bits per heavy atom. The number of hydrogen-bond donors (Lipinski definition) is 1. The lowest BCUT2D eigenvalue weighted by atomic mass is 10.0. The summed E-state index contributed by atoms with van der Waals surface area (Å²) in [6, 6.07) is 13.4. The number of methoxy groups -OCH3 is 2. The van der Waals surface area contributed by atoms with Crippen LogP contribution in [-0.4, -0.2) is 51.7 Å². The fourth-order valence-electron chi connectivity index (χ4n) is 3.62. The number of nitrogens with zero attached hydrogens (tertiary/aromatic N) is 1. The second kappa shape index (κ2) is 10.6. The van der Waals surface area contributed by atoms with E-state index in [-0.39, 0.29) is 11.7 Å². The molecule has 1 amide bonds. The number of ether oxygens (including phenoxy) is 2. The monoisotopic (exact) mass is 446 g/mol. The molecule has 0 atom stereocenters. The molecule has 0 unspecified atom stereocenters. The fraction of sp³-hybridized carbons (Fsp3) is 0.435. The Kier molecular flexibility index (Phi) is 7.92. The molecule has 1 N–H and O–H groups in total. The number of hydrogen-bond acceptors (Lipinski definition) is 5. The zero-order chi connectivity index (χ0) is 22.3. The van der Waals surface area contributed by atoms with Gasteiger partial charge in [-0.2, -0.15) is 4.31 Å². The minimum Gasteiger partial charge on any atom is -0.497 e. The molecule has 0 aliphatic carbocycles. The summed E-state index contributed by atoms with van der Waals surface area (Å²) in [6.45, 7) is 1.20. The van der Waals surface area contributed by atoms with Gasteiger partial charge < -0.3 is 14.8 Å². The third kappa shape index (κ3) is 6.45. The van der Waals surface area contributed by atoms with Crippen LogP contribution in [0.4, 0.5) is 0 Å². The molecule has 0 spiro atoms. The molecule has 3 rings (SSSR count). The molecule has 1 heterocycles. The van der Waals surface area contributed by atoms with Gasteiger partial charge in [0, 0.05) is 26.1 Å². The van der Waals surface area contributed by atoms with E-state index in [0.717, 1.165) is 28.2 Å². The van der Waals surface area contributed by atoms with Crippen molar-refractivity contribution >= 4 is 15.9 Å². The van der Waals surface area contributed by atoms with Crippen molar-refractivity contribution in [3.63, 3.8) is 0 Å². The number of nitrogens with one attached hydrogen (secondary N) is 1. The Balaban J connectivity index is 1.39. The van der Waals surface area contributed by atoms with Gasteiger partial charge in [0.15, 0.2) is 0 Å². The van der Waals surface area contributed by atoms with Crippen molar-refractivity contribution in [1.82, 2.24) is 9.62 Å². The third-order valence-corrected chi connectivity index (χ3v) is 7.39. The van der Waals surface area contributed by atoms with E-state index >= 15 is 0 Å². The Bertz CT molecular complexity index is 990. The van der Waals surface area contributed by atoms with Crippen LogP contribution < -0.4 is 14.8 Å². The second-order valence-electron chi connectivity index (χ2n) is 7.59. The van der Waals surface area contributed by atoms with Gasteiger partial charge in [0.25, 0.3) is 0 Å². The zero-order valence-corrected chi connectivity index (χ0v) is 18.9. The summed E-state index contributed by atoms with van der Waals surface area (Å²) >= 11 is 0. The summed E-state index contributed by atoms with van der Waals surface area (Å²) in [5, 5.41) is 2.82. The van der Waals surface area contributed by atoms with E-state index in [1.54, 1.807) is 14.2 Å². The van der Waals surface area contributed by atoms with Crippen LogP contribution in [0.3, 0.4) is 0 Å². The first-order valence-corrected chi connectivity index (χ1v) is 12.1. The van der Waals surface area contributed by atoms with E-state index in [4.69, 9.17) is 9.47 Å². The maximum Gasteiger partial charge on any atom is 0.220 e. The number of rotatable bonds is 10. The molecule has 2 aromatic rings. The molecule has 0 saturated carbocycles. The fourth-order valence-corrected chi connectivity index (χ4v) is 5.09. The standard InChI is InChI=1S/C23H30N2O5S/c1-29-21-8-4-18(5-9-21)6-11-23(26)24-13-3-15-31(27,28)25-14-12-19-16-22(30-2)10-7-20(19)17-25/h4-5,7-10,16H,3,6,11-15,17H2,1-2H3,(H,24,26). The predicted molar refractivity (Wildman–Crippen MR) is 120 cm³/mol. The van der Waals surface area contributed by atoms with Crippen LogP contribution in [0.15, 0.2) is 42.5 Å². The average Bonchev–Trinajstić information content (AvgIpc) is 2.80. The molecule has 1 aliphatic rings. The maximum absolute atomic E-state index is 12.7. The van der Waals surface area contributed by atoms with Crippen LogP contribution >= 0.6 is 0 Å². The molecule has 31 heavy (non-hydrogen) atoms. The lowest BCUT2D eigenvalue weighted by molar-refractivity contribution is -0.121. The highest BCUT2D eigenvalue weighted by Gasteiger charge is 2.26. The molecule has 1 aliphatic heterocycles. The number of amides is 1. The molecule has 7 nitrogen and oxygen atoms in total. The Hall–Kier alpha value is -2.58. The van der Waals surface area contributed by atoms with Crippen LogP contribution in [0.5, 0.6) is 11.5 Å². The minimum atomic E-state index is -3.36.